The van der Waals surface area contributed by atoms with Gasteiger partial charge in [0.1, 0.15) is 0 Å². The summed E-state index contributed by atoms with van der Waals surface area (Å²) >= 11 is 0. The highest BCUT2D eigenvalue weighted by Crippen LogP contribution is 2.13. The molecule has 1 fully saturated rings. The minimum absolute atomic E-state index is 0.0105. The number of nitrogens with two attached hydrogens (primary N) is 1. The van der Waals surface area contributed by atoms with Crippen LogP contribution in [0.4, 0.5) is 0 Å². The van der Waals surface area contributed by atoms with Gasteiger partial charge in [-0.25, -0.2) is 0 Å². The number of hydrogen-bond donors (Lipinski definition) is 2. The van der Waals surface area contributed by atoms with Crippen LogP contribution in [0.2, 0.25) is 0 Å². The second-order valence-corrected chi connectivity index (χ2v) is 4.05. The summed E-state index contributed by atoms with van der Waals surface area (Å²) in [4.78, 5) is 24.4. The van der Waals surface area contributed by atoms with Gasteiger partial charge in [-0.1, -0.05) is 0 Å². The molecule has 1 aliphatic heterocycles. The molecule has 1 unspecified atom stereocenters. The highest BCUT2D eigenvalue weighted by molar-refractivity contribution is 5.85. The standard InChI is InChI=1S/C11H21N3O3/c1-2-14(8-9-4-3-5-17-9)11(16)7-13-10(15)6-12/h9H,2-8,12H2,1H3,(H,13,15). The van der Waals surface area contributed by atoms with Crippen molar-refractivity contribution in [2.45, 2.75) is 25.9 Å². The molecule has 0 aromatic rings. The number of likely N-dealkylation sites (N-methyl/N-ethyl adjacent to an activating group) is 1. The summed E-state index contributed by atoms with van der Waals surface area (Å²) < 4.78 is 5.48. The first kappa shape index (κ1) is 13.9. The molecule has 6 heteroatoms. The smallest absolute Gasteiger partial charge is 0.242 e. The highest BCUT2D eigenvalue weighted by atomic mass is 16.5. The molecular formula is C11H21N3O3. The van der Waals surface area contributed by atoms with Crippen LogP contribution >= 0.6 is 0 Å². The first-order chi connectivity index (χ1) is 8.17. The summed E-state index contributed by atoms with van der Waals surface area (Å²) in [7, 11) is 0. The fourth-order valence-electron chi connectivity index (χ4n) is 1.80. The van der Waals surface area contributed by atoms with Gasteiger partial charge in [0.25, 0.3) is 0 Å². The minimum Gasteiger partial charge on any atom is -0.376 e. The lowest BCUT2D eigenvalue weighted by Gasteiger charge is -2.24. The van der Waals surface area contributed by atoms with E-state index in [1.807, 2.05) is 6.92 Å². The molecule has 3 N–H and O–H groups in total. The van der Waals surface area contributed by atoms with E-state index in [0.29, 0.717) is 13.1 Å². The molecule has 1 saturated heterocycles. The molecule has 6 nitrogen and oxygen atoms in total. The average Bonchev–Trinajstić information content (AvgIpc) is 2.85. The number of carbonyl (C=O) groups excluding carboxylic acids is 2. The van der Waals surface area contributed by atoms with Gasteiger partial charge in [-0.2, -0.15) is 0 Å². The second kappa shape index (κ2) is 7.24. The molecule has 1 rings (SSSR count). The van der Waals surface area contributed by atoms with E-state index in [1.54, 1.807) is 4.90 Å². The SMILES string of the molecule is CCN(CC1CCCO1)C(=O)CNC(=O)CN. The molecule has 0 bridgehead atoms. The van der Waals surface area contributed by atoms with Crippen molar-refractivity contribution >= 4 is 11.8 Å². The minimum atomic E-state index is -0.313. The quantitative estimate of drug-likeness (QED) is 0.632. The van der Waals surface area contributed by atoms with E-state index in [2.05, 4.69) is 5.32 Å². The van der Waals surface area contributed by atoms with Crippen molar-refractivity contribution < 1.29 is 14.3 Å². The van der Waals surface area contributed by atoms with Crippen LogP contribution in [0.25, 0.3) is 0 Å². The van der Waals surface area contributed by atoms with E-state index in [4.69, 9.17) is 10.5 Å². The summed E-state index contributed by atoms with van der Waals surface area (Å²) in [6, 6.07) is 0. The Morgan fingerprint density at radius 1 is 1.53 bits per heavy atom. The molecular weight excluding hydrogens is 222 g/mol. The lowest BCUT2D eigenvalue weighted by atomic mass is 10.2. The van der Waals surface area contributed by atoms with Crippen LogP contribution in [0.15, 0.2) is 0 Å². The largest absolute Gasteiger partial charge is 0.376 e. The summed E-state index contributed by atoms with van der Waals surface area (Å²) in [5.41, 5.74) is 5.14. The maximum atomic E-state index is 11.8. The summed E-state index contributed by atoms with van der Waals surface area (Å²) in [6.45, 7) is 3.84. The number of ether oxygens (including phenoxy) is 1. The number of nitrogens with one attached hydrogen (secondary N) is 1. The van der Waals surface area contributed by atoms with Crippen LogP contribution in [-0.4, -0.2) is 55.6 Å². The van der Waals surface area contributed by atoms with E-state index in [1.165, 1.54) is 0 Å². The van der Waals surface area contributed by atoms with Crippen molar-refractivity contribution in [3.8, 4) is 0 Å². The molecule has 0 saturated carbocycles. The fraction of sp³-hybridized carbons (Fsp3) is 0.818. The van der Waals surface area contributed by atoms with Gasteiger partial charge in [-0.15, -0.1) is 0 Å². The van der Waals surface area contributed by atoms with Crippen LogP contribution in [0, 0.1) is 0 Å². The average molecular weight is 243 g/mol. The first-order valence-electron chi connectivity index (χ1n) is 6.03. The van der Waals surface area contributed by atoms with Gasteiger partial charge >= 0.3 is 0 Å². The van der Waals surface area contributed by atoms with Crippen LogP contribution in [0.1, 0.15) is 19.8 Å². The van der Waals surface area contributed by atoms with Gasteiger partial charge in [-0.05, 0) is 19.8 Å². The molecule has 1 atom stereocenters. The Morgan fingerprint density at radius 3 is 2.82 bits per heavy atom. The Hall–Kier alpha value is -1.14. The second-order valence-electron chi connectivity index (χ2n) is 4.05. The summed E-state index contributed by atoms with van der Waals surface area (Å²) in [5, 5.41) is 2.48. The molecule has 0 spiro atoms. The maximum absolute atomic E-state index is 11.8. The Balaban J connectivity index is 2.32. The molecule has 0 radical (unpaired) electrons. The monoisotopic (exact) mass is 243 g/mol. The topological polar surface area (TPSA) is 84.7 Å². The normalized spacial score (nSPS) is 19.1. The Kier molecular flexibility index (Phi) is 5.93. The zero-order chi connectivity index (χ0) is 12.7. The van der Waals surface area contributed by atoms with Gasteiger partial charge in [0.2, 0.25) is 11.8 Å². The van der Waals surface area contributed by atoms with E-state index in [-0.39, 0.29) is 31.0 Å². The van der Waals surface area contributed by atoms with E-state index in [0.717, 1.165) is 19.4 Å². The van der Waals surface area contributed by atoms with E-state index >= 15 is 0 Å². The van der Waals surface area contributed by atoms with Gasteiger partial charge in [0.15, 0.2) is 0 Å². The zero-order valence-corrected chi connectivity index (χ0v) is 10.3. The Labute approximate surface area is 101 Å². The third-order valence-corrected chi connectivity index (χ3v) is 2.80. The number of rotatable bonds is 6. The van der Waals surface area contributed by atoms with Gasteiger partial charge in [0.05, 0.1) is 19.2 Å². The molecule has 0 aliphatic carbocycles. The third kappa shape index (κ3) is 4.70. The van der Waals surface area contributed by atoms with Crippen molar-refractivity contribution in [1.82, 2.24) is 10.2 Å². The number of nitrogens with zero attached hydrogens (tertiary/aromatic N) is 1. The zero-order valence-electron chi connectivity index (χ0n) is 10.3. The predicted octanol–water partition coefficient (Wildman–Crippen LogP) is -0.911. The predicted molar refractivity (Wildman–Crippen MR) is 63.3 cm³/mol. The van der Waals surface area contributed by atoms with Crippen LogP contribution in [0.3, 0.4) is 0 Å². The molecule has 1 heterocycles. The van der Waals surface area contributed by atoms with Gasteiger partial charge in [0, 0.05) is 19.7 Å². The Bertz CT molecular complexity index is 265. The van der Waals surface area contributed by atoms with Gasteiger partial charge < -0.3 is 20.7 Å². The molecule has 0 aromatic heterocycles. The third-order valence-electron chi connectivity index (χ3n) is 2.80. The van der Waals surface area contributed by atoms with Crippen LogP contribution in [0.5, 0.6) is 0 Å². The number of hydrogen-bond acceptors (Lipinski definition) is 4. The Morgan fingerprint density at radius 2 is 2.29 bits per heavy atom. The number of amides is 2. The summed E-state index contributed by atoms with van der Waals surface area (Å²) in [5.74, 6) is -0.406. The molecule has 2 amide bonds. The van der Waals surface area contributed by atoms with Crippen molar-refractivity contribution in [2.24, 2.45) is 5.73 Å². The molecule has 98 valence electrons. The van der Waals surface area contributed by atoms with Crippen molar-refractivity contribution in [3.63, 3.8) is 0 Å². The lowest BCUT2D eigenvalue weighted by molar-refractivity contribution is -0.133. The van der Waals surface area contributed by atoms with E-state index in [9.17, 15) is 9.59 Å². The lowest BCUT2D eigenvalue weighted by Crippen LogP contribution is -2.44. The van der Waals surface area contributed by atoms with Crippen LogP contribution < -0.4 is 11.1 Å². The molecule has 1 aliphatic rings. The maximum Gasteiger partial charge on any atom is 0.242 e. The summed E-state index contributed by atoms with van der Waals surface area (Å²) in [6.07, 6.45) is 2.20. The van der Waals surface area contributed by atoms with Crippen molar-refractivity contribution in [1.29, 1.82) is 0 Å². The first-order valence-corrected chi connectivity index (χ1v) is 6.03. The molecule has 17 heavy (non-hydrogen) atoms. The van der Waals surface area contributed by atoms with Gasteiger partial charge in [-0.3, -0.25) is 9.59 Å². The van der Waals surface area contributed by atoms with Crippen LogP contribution in [-0.2, 0) is 14.3 Å². The van der Waals surface area contributed by atoms with Crippen molar-refractivity contribution in [3.05, 3.63) is 0 Å². The van der Waals surface area contributed by atoms with E-state index < -0.39 is 0 Å². The van der Waals surface area contributed by atoms with Crippen molar-refractivity contribution in [2.75, 3.05) is 32.8 Å². The highest BCUT2D eigenvalue weighted by Gasteiger charge is 2.21. The number of carbonyl (C=O) groups is 2. The fourth-order valence-corrected chi connectivity index (χ4v) is 1.80. The molecule has 0 aromatic carbocycles.